The maximum atomic E-state index is 9.51. The highest BCUT2D eigenvalue weighted by Crippen LogP contribution is 2.38. The van der Waals surface area contributed by atoms with Gasteiger partial charge >= 0.3 is 0 Å². The van der Waals surface area contributed by atoms with Crippen LogP contribution in [0.2, 0.25) is 0 Å². The van der Waals surface area contributed by atoms with Crippen molar-refractivity contribution in [3.8, 4) is 17.2 Å². The second-order valence-corrected chi connectivity index (χ2v) is 8.76. The van der Waals surface area contributed by atoms with Crippen LogP contribution in [-0.4, -0.2) is 48.2 Å². The monoisotopic (exact) mass is 456 g/mol. The lowest BCUT2D eigenvalue weighted by molar-refractivity contribution is 0.178. The van der Waals surface area contributed by atoms with Gasteiger partial charge in [0.05, 0.1) is 10.9 Å². The Labute approximate surface area is 196 Å². The Balaban J connectivity index is 1.53. The molecule has 0 amide bonds. The molecule has 33 heavy (non-hydrogen) atoms. The van der Waals surface area contributed by atoms with Crippen LogP contribution in [0.3, 0.4) is 0 Å². The Morgan fingerprint density at radius 2 is 1.79 bits per heavy atom. The second-order valence-electron chi connectivity index (χ2n) is 7.91. The fourth-order valence-corrected chi connectivity index (χ4v) is 5.26. The topological polar surface area (TPSA) is 78.2 Å². The third kappa shape index (κ3) is 4.25. The number of hydrogen-bond acceptors (Lipinski definition) is 8. The number of ether oxygens (including phenoxy) is 1. The van der Waals surface area contributed by atoms with Gasteiger partial charge in [0.2, 0.25) is 0 Å². The molecule has 1 aromatic carbocycles. The van der Waals surface area contributed by atoms with Gasteiger partial charge in [0, 0.05) is 50.4 Å². The first-order valence-corrected chi connectivity index (χ1v) is 11.8. The Kier molecular flexibility index (Phi) is 6.15. The number of hydrogen-bond donors (Lipinski definition) is 0. The molecule has 0 aliphatic carbocycles. The van der Waals surface area contributed by atoms with Crippen LogP contribution in [-0.2, 0) is 11.3 Å². The third-order valence-electron chi connectivity index (χ3n) is 5.82. The Hall–Kier alpha value is -3.54. The predicted molar refractivity (Wildman–Crippen MR) is 132 cm³/mol. The number of anilines is 2. The summed E-state index contributed by atoms with van der Waals surface area (Å²) in [6.07, 6.45) is 2.69. The first-order chi connectivity index (χ1) is 16.3. The van der Waals surface area contributed by atoms with E-state index in [0.29, 0.717) is 18.0 Å². The molecule has 1 fully saturated rings. The molecule has 0 saturated carbocycles. The van der Waals surface area contributed by atoms with Gasteiger partial charge in [-0.15, -0.1) is 11.3 Å². The van der Waals surface area contributed by atoms with E-state index in [1.54, 1.807) is 24.6 Å². The van der Waals surface area contributed by atoms with Crippen LogP contribution in [0.5, 0.6) is 0 Å². The molecule has 0 radical (unpaired) electrons. The number of methoxy groups -OCH3 is 1. The maximum Gasteiger partial charge on any atom is 0.158 e. The molecule has 0 N–H and O–H groups in total. The standard InChI is InChI=1S/C25H24N6OS/c1-32-16-21-28-24(22-20(17-33-25(22)29-21)18-7-3-2-4-8-18)31-12-6-11-30(13-14-31)23-19(15-26)9-5-10-27-23/h2-5,7-10,17H,6,11-14,16H2,1H3. The number of fused-ring (bicyclic) bond motifs is 1. The van der Waals surface area contributed by atoms with Crippen molar-refractivity contribution in [2.45, 2.75) is 13.0 Å². The van der Waals surface area contributed by atoms with Crippen LogP contribution in [0.4, 0.5) is 11.6 Å². The van der Waals surface area contributed by atoms with Crippen LogP contribution < -0.4 is 9.80 Å². The van der Waals surface area contributed by atoms with Crippen LogP contribution in [0.25, 0.3) is 21.3 Å². The summed E-state index contributed by atoms with van der Waals surface area (Å²) in [6, 6.07) is 16.3. The fourth-order valence-electron chi connectivity index (χ4n) is 4.30. The van der Waals surface area contributed by atoms with E-state index < -0.39 is 0 Å². The van der Waals surface area contributed by atoms with Gasteiger partial charge in [-0.2, -0.15) is 5.26 Å². The van der Waals surface area contributed by atoms with Crippen LogP contribution >= 0.6 is 11.3 Å². The van der Waals surface area contributed by atoms with Gasteiger partial charge < -0.3 is 14.5 Å². The lowest BCUT2D eigenvalue weighted by Crippen LogP contribution is -2.32. The summed E-state index contributed by atoms with van der Waals surface area (Å²) < 4.78 is 5.35. The molecule has 4 aromatic rings. The van der Waals surface area contributed by atoms with Gasteiger partial charge in [-0.05, 0) is 24.1 Å². The lowest BCUT2D eigenvalue weighted by Gasteiger charge is -2.25. The number of nitriles is 1. The van der Waals surface area contributed by atoms with Crippen LogP contribution in [0, 0.1) is 11.3 Å². The molecule has 1 aliphatic heterocycles. The molecule has 5 rings (SSSR count). The Bertz CT molecular complexity index is 1300. The number of thiophene rings is 1. The molecule has 0 unspecified atom stereocenters. The quantitative estimate of drug-likeness (QED) is 0.438. The highest BCUT2D eigenvalue weighted by Gasteiger charge is 2.23. The zero-order valence-electron chi connectivity index (χ0n) is 18.4. The van der Waals surface area contributed by atoms with Gasteiger partial charge in [-0.3, -0.25) is 0 Å². The Morgan fingerprint density at radius 1 is 1.00 bits per heavy atom. The van der Waals surface area contributed by atoms with Crippen molar-refractivity contribution < 1.29 is 4.74 Å². The van der Waals surface area contributed by atoms with Gasteiger partial charge in [-0.25, -0.2) is 15.0 Å². The van der Waals surface area contributed by atoms with Gasteiger partial charge in [-0.1, -0.05) is 30.3 Å². The highest BCUT2D eigenvalue weighted by atomic mass is 32.1. The van der Waals surface area contributed by atoms with E-state index in [1.807, 2.05) is 18.2 Å². The maximum absolute atomic E-state index is 9.51. The fraction of sp³-hybridized carbons (Fsp3) is 0.280. The van der Waals surface area contributed by atoms with E-state index in [-0.39, 0.29) is 0 Å². The van der Waals surface area contributed by atoms with Crippen LogP contribution in [0.15, 0.2) is 54.0 Å². The molecule has 0 atom stereocenters. The number of rotatable bonds is 5. The molecular weight excluding hydrogens is 432 g/mol. The number of nitrogens with zero attached hydrogens (tertiary/aromatic N) is 6. The molecule has 1 aliphatic rings. The largest absolute Gasteiger partial charge is 0.377 e. The summed E-state index contributed by atoms with van der Waals surface area (Å²) in [6.45, 7) is 3.64. The molecule has 4 heterocycles. The molecule has 166 valence electrons. The molecule has 0 spiro atoms. The summed E-state index contributed by atoms with van der Waals surface area (Å²) in [4.78, 5) is 19.7. The first kappa shape index (κ1) is 21.3. The van der Waals surface area contributed by atoms with E-state index in [2.05, 4.69) is 50.5 Å². The molecule has 8 heteroatoms. The summed E-state index contributed by atoms with van der Waals surface area (Å²) >= 11 is 1.64. The SMILES string of the molecule is COCc1nc(N2CCCN(c3ncccc3C#N)CC2)c2c(-c3ccccc3)csc2n1. The zero-order valence-corrected chi connectivity index (χ0v) is 19.3. The van der Waals surface area contributed by atoms with Crippen molar-refractivity contribution in [1.82, 2.24) is 15.0 Å². The lowest BCUT2D eigenvalue weighted by atomic mass is 10.1. The number of benzene rings is 1. The molecule has 7 nitrogen and oxygen atoms in total. The minimum Gasteiger partial charge on any atom is -0.377 e. The van der Waals surface area contributed by atoms with Crippen molar-refractivity contribution >= 4 is 33.2 Å². The number of aromatic nitrogens is 3. The molecule has 0 bridgehead atoms. The highest BCUT2D eigenvalue weighted by molar-refractivity contribution is 7.17. The Morgan fingerprint density at radius 3 is 2.55 bits per heavy atom. The van der Waals surface area contributed by atoms with Crippen LogP contribution in [0.1, 0.15) is 17.8 Å². The van der Waals surface area contributed by atoms with Gasteiger partial charge in [0.15, 0.2) is 5.82 Å². The second kappa shape index (κ2) is 9.53. The molecule has 3 aromatic heterocycles. The van der Waals surface area contributed by atoms with Gasteiger partial charge in [0.25, 0.3) is 0 Å². The summed E-state index contributed by atoms with van der Waals surface area (Å²) in [5, 5.41) is 12.8. The van der Waals surface area contributed by atoms with E-state index >= 15 is 0 Å². The van der Waals surface area contributed by atoms with E-state index in [0.717, 1.165) is 65.6 Å². The van der Waals surface area contributed by atoms with Crippen molar-refractivity contribution in [3.05, 3.63) is 65.4 Å². The first-order valence-electron chi connectivity index (χ1n) is 11.0. The van der Waals surface area contributed by atoms with Crippen molar-refractivity contribution in [2.24, 2.45) is 0 Å². The average molecular weight is 457 g/mol. The van der Waals surface area contributed by atoms with E-state index in [4.69, 9.17) is 14.7 Å². The summed E-state index contributed by atoms with van der Waals surface area (Å²) in [5.41, 5.74) is 2.94. The number of pyridine rings is 1. The summed E-state index contributed by atoms with van der Waals surface area (Å²) in [5.74, 6) is 2.41. The minimum atomic E-state index is 0.376. The molecular formula is C25H24N6OS. The van der Waals surface area contributed by atoms with Crippen molar-refractivity contribution in [3.63, 3.8) is 0 Å². The van der Waals surface area contributed by atoms with E-state index in [9.17, 15) is 5.26 Å². The van der Waals surface area contributed by atoms with Crippen molar-refractivity contribution in [2.75, 3.05) is 43.1 Å². The molecule has 1 saturated heterocycles. The van der Waals surface area contributed by atoms with E-state index in [1.165, 1.54) is 0 Å². The third-order valence-corrected chi connectivity index (χ3v) is 6.69. The predicted octanol–water partition coefficient (Wildman–Crippen LogP) is 4.49. The van der Waals surface area contributed by atoms with Crippen molar-refractivity contribution in [1.29, 1.82) is 5.26 Å². The average Bonchev–Trinajstić information content (AvgIpc) is 3.13. The minimum absolute atomic E-state index is 0.376. The smallest absolute Gasteiger partial charge is 0.158 e. The van der Waals surface area contributed by atoms with Gasteiger partial charge in [0.1, 0.15) is 29.1 Å². The normalized spacial score (nSPS) is 14.3. The zero-order chi connectivity index (χ0) is 22.6. The summed E-state index contributed by atoms with van der Waals surface area (Å²) in [7, 11) is 1.67.